The second kappa shape index (κ2) is 20.8. The number of carbonyl (C=O) groups is 1. The van der Waals surface area contributed by atoms with Gasteiger partial charge < -0.3 is 50.3 Å². The molecule has 0 bridgehead atoms. The van der Waals surface area contributed by atoms with Gasteiger partial charge in [-0.25, -0.2) is 0 Å². The van der Waals surface area contributed by atoms with E-state index in [0.29, 0.717) is 19.1 Å². The van der Waals surface area contributed by atoms with E-state index in [1.54, 1.807) is 7.11 Å². The van der Waals surface area contributed by atoms with Crippen molar-refractivity contribution in [1.82, 2.24) is 0 Å². The molecule has 0 saturated heterocycles. The molecule has 2 unspecified atom stereocenters. The van der Waals surface area contributed by atoms with E-state index >= 15 is 0 Å². The molecule has 0 heterocycles. The molecule has 324 valence electrons. The molecule has 54 heavy (non-hydrogen) atoms. The highest BCUT2D eigenvalue weighted by Gasteiger charge is 2.51. The maximum Gasteiger partial charge on any atom is 0.326 e. The van der Waals surface area contributed by atoms with E-state index in [9.17, 15) is 4.79 Å². The summed E-state index contributed by atoms with van der Waals surface area (Å²) in [5.74, 6) is -0.263. The number of hydrogen-bond donors (Lipinski definition) is 0. The molecule has 24 heteroatoms. The fraction of sp³-hybridized carbons (Fsp3) is 0.967. The summed E-state index contributed by atoms with van der Waals surface area (Å²) in [5, 5.41) is 0. The Morgan fingerprint density at radius 1 is 0.500 bits per heavy atom. The van der Waals surface area contributed by atoms with Crippen LogP contribution in [0.2, 0.25) is 144 Å². The Morgan fingerprint density at radius 2 is 0.778 bits per heavy atom. The van der Waals surface area contributed by atoms with E-state index in [4.69, 9.17) is 50.3 Å². The van der Waals surface area contributed by atoms with Crippen molar-refractivity contribution in [2.75, 3.05) is 13.7 Å². The van der Waals surface area contributed by atoms with E-state index in [2.05, 4.69) is 78.6 Å². The van der Waals surface area contributed by atoms with Crippen molar-refractivity contribution in [1.29, 1.82) is 0 Å². The van der Waals surface area contributed by atoms with Gasteiger partial charge in [0.25, 0.3) is 0 Å². The topological polar surface area (TPSA) is 128 Å². The average Bonchev–Trinajstić information content (AvgIpc) is 2.83. The van der Waals surface area contributed by atoms with Crippen LogP contribution in [0, 0.1) is 5.92 Å². The van der Waals surface area contributed by atoms with E-state index < -0.39 is 94.6 Å². The first kappa shape index (κ1) is 55.4. The molecule has 2 atom stereocenters. The normalized spacial score (nSPS) is 16.5. The van der Waals surface area contributed by atoms with Crippen LogP contribution in [-0.4, -0.2) is 114 Å². The third-order valence-electron chi connectivity index (χ3n) is 7.38. The summed E-state index contributed by atoms with van der Waals surface area (Å²) < 4.78 is 78.2. The fourth-order valence-corrected chi connectivity index (χ4v) is 60.4. The zero-order valence-electron chi connectivity index (χ0n) is 38.8. The van der Waals surface area contributed by atoms with Gasteiger partial charge in [-0.05, 0) is 156 Å². The van der Waals surface area contributed by atoms with Gasteiger partial charge in [0.15, 0.2) is 9.04 Å². The standard InChI is InChI=1S/C30H82O13Si11/c1-25-29(2)30(31)33-27-26-28-54(24,32-3)43-53(22,23)42-52(20,21)41-51(18,19)40-50(16,17)39-49(14,15)38-48(12,13)37-47(10,11)36-46(8,9)35-45(6,7)34-44(4)5/h29,44H,25-28H2,1-24H3. The van der Waals surface area contributed by atoms with Gasteiger partial charge in [-0.1, -0.05) is 13.8 Å². The Balaban J connectivity index is 5.49. The first-order valence-corrected chi connectivity index (χ1v) is 50.1. The SMILES string of the molecule is CCC(C)C(=O)OCCC[Si](C)(OC)O[Si](C)(C)O[Si](C)(C)O[Si](C)(C)O[Si](C)(C)O[Si](C)(C)O[Si](C)(C)O[Si](C)(C)O[Si](C)(C)O[Si](C)(C)O[SiH](C)C. The highest BCUT2D eigenvalue weighted by Crippen LogP contribution is 2.31. The quantitative estimate of drug-likeness (QED) is 0.0442. The molecular formula is C30H82O13Si11. The van der Waals surface area contributed by atoms with Crippen molar-refractivity contribution >= 4 is 101 Å². The van der Waals surface area contributed by atoms with Crippen LogP contribution in [0.5, 0.6) is 0 Å². The Labute approximate surface area is 343 Å². The molecule has 0 radical (unpaired) electrons. The zero-order chi connectivity index (χ0) is 43.0. The summed E-state index contributed by atoms with van der Waals surface area (Å²) >= 11 is 0. The smallest absolute Gasteiger partial charge is 0.326 e. The Hall–Kier alpha value is 1.42. The number of carbonyl (C=O) groups excluding carboxylic acids is 1. The van der Waals surface area contributed by atoms with Crippen LogP contribution in [0.15, 0.2) is 0 Å². The average molecular weight is 960 g/mol. The largest absolute Gasteiger partial charge is 0.465 e. The molecule has 0 aromatic carbocycles. The predicted molar refractivity (Wildman–Crippen MR) is 246 cm³/mol. The third kappa shape index (κ3) is 24.5. The lowest BCUT2D eigenvalue weighted by Crippen LogP contribution is -2.62. The molecular weight excluding hydrogens is 877 g/mol. The molecule has 0 amide bonds. The van der Waals surface area contributed by atoms with Crippen molar-refractivity contribution in [2.24, 2.45) is 5.92 Å². The summed E-state index contributed by atoms with van der Waals surface area (Å²) in [5.41, 5.74) is 0. The van der Waals surface area contributed by atoms with Crippen molar-refractivity contribution in [3.8, 4) is 0 Å². The second-order valence-corrected chi connectivity index (χ2v) is 57.4. The number of hydrogen-bond acceptors (Lipinski definition) is 13. The Bertz CT molecular complexity index is 1170. The lowest BCUT2D eigenvalue weighted by atomic mass is 10.1. The van der Waals surface area contributed by atoms with Crippen LogP contribution >= 0.6 is 0 Å². The Morgan fingerprint density at radius 3 is 1.04 bits per heavy atom. The molecule has 0 aliphatic rings. The van der Waals surface area contributed by atoms with E-state index in [1.165, 1.54) is 0 Å². The van der Waals surface area contributed by atoms with Crippen molar-refractivity contribution in [3.05, 3.63) is 0 Å². The van der Waals surface area contributed by atoms with Crippen LogP contribution in [0.25, 0.3) is 0 Å². The summed E-state index contributed by atoms with van der Waals surface area (Å²) in [6, 6.07) is 0.683. The molecule has 0 N–H and O–H groups in total. The fourth-order valence-electron chi connectivity index (χ4n) is 7.08. The molecule has 0 aliphatic carbocycles. The van der Waals surface area contributed by atoms with Crippen molar-refractivity contribution in [3.63, 3.8) is 0 Å². The zero-order valence-corrected chi connectivity index (χ0v) is 49.9. The molecule has 13 nitrogen and oxygen atoms in total. The highest BCUT2D eigenvalue weighted by atomic mass is 28.5. The molecule has 0 aromatic heterocycles. The summed E-state index contributed by atoms with van der Waals surface area (Å²) in [6.07, 6.45) is 1.43. The number of ether oxygens (including phenoxy) is 1. The van der Waals surface area contributed by atoms with Gasteiger partial charge in [-0.15, -0.1) is 0 Å². The first-order valence-electron chi connectivity index (χ1n) is 19.4. The van der Waals surface area contributed by atoms with Gasteiger partial charge in [0.2, 0.25) is 0 Å². The molecule has 0 aliphatic heterocycles. The summed E-state index contributed by atoms with van der Waals surface area (Å²) in [4.78, 5) is 12.1. The first-order chi connectivity index (χ1) is 23.7. The molecule has 0 rings (SSSR count). The molecule has 0 saturated carbocycles. The van der Waals surface area contributed by atoms with Gasteiger partial charge in [-0.2, -0.15) is 0 Å². The number of esters is 1. The van der Waals surface area contributed by atoms with Gasteiger partial charge >= 0.3 is 91.6 Å². The van der Waals surface area contributed by atoms with Crippen molar-refractivity contribution in [2.45, 2.75) is 170 Å². The highest BCUT2D eigenvalue weighted by molar-refractivity contribution is 6.93. The van der Waals surface area contributed by atoms with Gasteiger partial charge in [-0.3, -0.25) is 4.79 Å². The second-order valence-electron chi connectivity index (χ2n) is 18.6. The maximum absolute atomic E-state index is 12.1. The van der Waals surface area contributed by atoms with Crippen LogP contribution in [-0.2, 0) is 55.1 Å². The monoisotopic (exact) mass is 958 g/mol. The Kier molecular flexibility index (Phi) is 21.3. The van der Waals surface area contributed by atoms with E-state index in [-0.39, 0.29) is 11.9 Å². The van der Waals surface area contributed by atoms with Gasteiger partial charge in [0.05, 0.1) is 12.5 Å². The number of rotatable bonds is 27. The minimum atomic E-state index is -2.75. The van der Waals surface area contributed by atoms with Crippen LogP contribution < -0.4 is 0 Å². The summed E-state index contributed by atoms with van der Waals surface area (Å²) in [6.45, 7) is 47.6. The van der Waals surface area contributed by atoms with Crippen LogP contribution in [0.3, 0.4) is 0 Å². The van der Waals surface area contributed by atoms with Crippen molar-refractivity contribution < 1.29 is 55.1 Å². The van der Waals surface area contributed by atoms with Crippen LogP contribution in [0.1, 0.15) is 26.7 Å². The lowest BCUT2D eigenvalue weighted by Gasteiger charge is -2.44. The van der Waals surface area contributed by atoms with Crippen LogP contribution in [0.4, 0.5) is 0 Å². The molecule has 0 fully saturated rings. The molecule has 0 spiro atoms. The van der Waals surface area contributed by atoms with Gasteiger partial charge in [0, 0.05) is 7.11 Å². The minimum absolute atomic E-state index is 0.100. The van der Waals surface area contributed by atoms with E-state index in [1.807, 2.05) is 72.8 Å². The van der Waals surface area contributed by atoms with Gasteiger partial charge in [0.1, 0.15) is 0 Å². The lowest BCUT2D eigenvalue weighted by molar-refractivity contribution is -0.148. The maximum atomic E-state index is 12.1. The summed E-state index contributed by atoms with van der Waals surface area (Å²) in [7, 11) is -26.0. The van der Waals surface area contributed by atoms with E-state index in [0.717, 1.165) is 6.42 Å². The third-order valence-corrected chi connectivity index (χ3v) is 48.8. The predicted octanol–water partition coefficient (Wildman–Crippen LogP) is 9.15. The molecule has 0 aromatic rings. The minimum Gasteiger partial charge on any atom is -0.465 e.